The van der Waals surface area contributed by atoms with Crippen LogP contribution >= 0.6 is 0 Å². The number of carbonyl (C=O) groups is 1. The lowest BCUT2D eigenvalue weighted by molar-refractivity contribution is 0.0921. The van der Waals surface area contributed by atoms with E-state index in [0.717, 1.165) is 53.0 Å². The van der Waals surface area contributed by atoms with E-state index in [1.807, 2.05) is 54.6 Å². The number of fused-ring (bicyclic) bond motifs is 4. The summed E-state index contributed by atoms with van der Waals surface area (Å²) in [5.74, 6) is 0.424. The molecule has 4 heteroatoms. The molecular formula is C25H20O4. The van der Waals surface area contributed by atoms with Gasteiger partial charge in [0.15, 0.2) is 12.4 Å². The second kappa shape index (κ2) is 7.21. The smallest absolute Gasteiger partial charge is 0.339 e. The van der Waals surface area contributed by atoms with Crippen molar-refractivity contribution in [2.75, 3.05) is 6.61 Å². The van der Waals surface area contributed by atoms with Gasteiger partial charge in [-0.15, -0.1) is 0 Å². The third-order valence-electron chi connectivity index (χ3n) is 5.64. The molecule has 0 saturated heterocycles. The first-order valence-corrected chi connectivity index (χ1v) is 9.92. The molecule has 0 amide bonds. The van der Waals surface area contributed by atoms with Crippen molar-refractivity contribution in [1.82, 2.24) is 0 Å². The number of ether oxygens (including phenoxy) is 1. The van der Waals surface area contributed by atoms with Crippen LogP contribution in [-0.4, -0.2) is 12.4 Å². The number of hydrogen-bond donors (Lipinski definition) is 0. The minimum absolute atomic E-state index is 0.0704. The summed E-state index contributed by atoms with van der Waals surface area (Å²) in [6.45, 7) is -0.0704. The fourth-order valence-corrected chi connectivity index (χ4v) is 4.11. The molecule has 1 aliphatic rings. The highest BCUT2D eigenvalue weighted by atomic mass is 16.5. The van der Waals surface area contributed by atoms with Crippen LogP contribution in [0.15, 0.2) is 69.9 Å². The van der Waals surface area contributed by atoms with Crippen molar-refractivity contribution in [2.45, 2.75) is 25.7 Å². The van der Waals surface area contributed by atoms with Crippen LogP contribution in [0, 0.1) is 0 Å². The molecule has 5 rings (SSSR count). The zero-order chi connectivity index (χ0) is 19.8. The van der Waals surface area contributed by atoms with Crippen LogP contribution in [0.25, 0.3) is 21.7 Å². The first-order valence-electron chi connectivity index (χ1n) is 9.92. The number of benzene rings is 3. The first kappa shape index (κ1) is 17.7. The van der Waals surface area contributed by atoms with E-state index >= 15 is 0 Å². The van der Waals surface area contributed by atoms with E-state index in [-0.39, 0.29) is 18.0 Å². The van der Waals surface area contributed by atoms with Crippen molar-refractivity contribution in [3.8, 4) is 5.75 Å². The predicted octanol–water partition coefficient (Wildman–Crippen LogP) is 5.09. The van der Waals surface area contributed by atoms with Gasteiger partial charge >= 0.3 is 5.63 Å². The van der Waals surface area contributed by atoms with E-state index in [1.54, 1.807) is 6.07 Å². The highest BCUT2D eigenvalue weighted by molar-refractivity contribution is 6.00. The number of Topliss-reactive ketones (excluding diaryl/α,β-unsaturated/α-hetero) is 1. The number of carbonyl (C=O) groups excluding carboxylic acids is 1. The molecule has 4 aromatic rings. The Morgan fingerprint density at radius 2 is 1.69 bits per heavy atom. The van der Waals surface area contributed by atoms with Crippen LogP contribution in [0.4, 0.5) is 0 Å². The van der Waals surface area contributed by atoms with Crippen LogP contribution < -0.4 is 10.4 Å². The first-order chi connectivity index (χ1) is 14.2. The summed E-state index contributed by atoms with van der Waals surface area (Å²) >= 11 is 0. The molecule has 0 fully saturated rings. The summed E-state index contributed by atoms with van der Waals surface area (Å²) in [5, 5.41) is 3.08. The molecule has 0 aliphatic heterocycles. The predicted molar refractivity (Wildman–Crippen MR) is 113 cm³/mol. The Balaban J connectivity index is 1.38. The molecule has 1 aromatic heterocycles. The van der Waals surface area contributed by atoms with Crippen molar-refractivity contribution < 1.29 is 13.9 Å². The third-order valence-corrected chi connectivity index (χ3v) is 5.64. The highest BCUT2D eigenvalue weighted by Gasteiger charge is 2.18. The van der Waals surface area contributed by atoms with Gasteiger partial charge in [0.2, 0.25) is 0 Å². The Labute approximate surface area is 167 Å². The molecule has 29 heavy (non-hydrogen) atoms. The molecule has 4 nitrogen and oxygen atoms in total. The Morgan fingerprint density at radius 1 is 0.897 bits per heavy atom. The highest BCUT2D eigenvalue weighted by Crippen LogP contribution is 2.29. The van der Waals surface area contributed by atoms with Crippen LogP contribution in [0.1, 0.15) is 34.3 Å². The molecule has 0 atom stereocenters. The molecule has 0 spiro atoms. The maximum atomic E-state index is 12.6. The summed E-state index contributed by atoms with van der Waals surface area (Å²) in [4.78, 5) is 24.9. The monoisotopic (exact) mass is 384 g/mol. The third kappa shape index (κ3) is 3.31. The van der Waals surface area contributed by atoms with Crippen molar-refractivity contribution in [2.24, 2.45) is 0 Å². The summed E-state index contributed by atoms with van der Waals surface area (Å²) in [5.41, 5.74) is 2.79. The molecule has 3 aromatic carbocycles. The second-order valence-electron chi connectivity index (χ2n) is 7.49. The lowest BCUT2D eigenvalue weighted by Gasteiger charge is -2.16. The van der Waals surface area contributed by atoms with Gasteiger partial charge in [-0.3, -0.25) is 4.79 Å². The van der Waals surface area contributed by atoms with E-state index in [4.69, 9.17) is 9.15 Å². The number of hydrogen-bond acceptors (Lipinski definition) is 4. The lowest BCUT2D eigenvalue weighted by Crippen LogP contribution is -2.16. The fraction of sp³-hybridized carbons (Fsp3) is 0.200. The van der Waals surface area contributed by atoms with Gasteiger partial charge in [0, 0.05) is 22.6 Å². The van der Waals surface area contributed by atoms with E-state index in [1.165, 1.54) is 0 Å². The van der Waals surface area contributed by atoms with Gasteiger partial charge in [0.1, 0.15) is 11.3 Å². The Morgan fingerprint density at radius 3 is 2.55 bits per heavy atom. The average Bonchev–Trinajstić information content (AvgIpc) is 2.77. The van der Waals surface area contributed by atoms with Crippen molar-refractivity contribution in [3.05, 3.63) is 87.8 Å². The number of ketones is 1. The van der Waals surface area contributed by atoms with Gasteiger partial charge in [-0.05, 0) is 60.2 Å². The zero-order valence-corrected chi connectivity index (χ0v) is 15.9. The molecular weight excluding hydrogens is 364 g/mol. The zero-order valence-electron chi connectivity index (χ0n) is 15.9. The van der Waals surface area contributed by atoms with E-state index in [0.29, 0.717) is 16.9 Å². The molecule has 0 N–H and O–H groups in total. The molecule has 1 aliphatic carbocycles. The SMILES string of the molecule is O=C(COc1ccc2c3c(c(=O)oc2c1)CCCC3)c1ccc2ccccc2c1. The summed E-state index contributed by atoms with van der Waals surface area (Å²) in [7, 11) is 0. The molecule has 1 heterocycles. The van der Waals surface area contributed by atoms with Crippen LogP contribution in [0.2, 0.25) is 0 Å². The fourth-order valence-electron chi connectivity index (χ4n) is 4.11. The topological polar surface area (TPSA) is 56.5 Å². The van der Waals surface area contributed by atoms with Crippen molar-refractivity contribution in [1.29, 1.82) is 0 Å². The van der Waals surface area contributed by atoms with Gasteiger partial charge < -0.3 is 9.15 Å². The van der Waals surface area contributed by atoms with Gasteiger partial charge in [0.05, 0.1) is 0 Å². The van der Waals surface area contributed by atoms with Crippen LogP contribution in [-0.2, 0) is 12.8 Å². The van der Waals surface area contributed by atoms with Crippen LogP contribution in [0.5, 0.6) is 5.75 Å². The number of rotatable bonds is 4. The minimum atomic E-state index is -0.253. The molecule has 0 unspecified atom stereocenters. The average molecular weight is 384 g/mol. The Hall–Kier alpha value is -3.40. The van der Waals surface area contributed by atoms with E-state index < -0.39 is 0 Å². The molecule has 0 radical (unpaired) electrons. The largest absolute Gasteiger partial charge is 0.485 e. The molecule has 0 bridgehead atoms. The summed E-state index contributed by atoms with van der Waals surface area (Å²) in [6, 6.07) is 19.0. The maximum absolute atomic E-state index is 12.6. The van der Waals surface area contributed by atoms with Gasteiger partial charge in [-0.25, -0.2) is 4.79 Å². The standard InChI is InChI=1S/C25H20O4/c26-23(18-10-9-16-5-1-2-6-17(16)13-18)15-28-19-11-12-21-20-7-3-4-8-22(20)25(27)29-24(21)14-19/h1-2,5-6,9-14H,3-4,7-8,15H2. The van der Waals surface area contributed by atoms with Gasteiger partial charge in [0.25, 0.3) is 0 Å². The normalized spacial score (nSPS) is 13.4. The second-order valence-corrected chi connectivity index (χ2v) is 7.49. The van der Waals surface area contributed by atoms with Crippen molar-refractivity contribution in [3.63, 3.8) is 0 Å². The van der Waals surface area contributed by atoms with Crippen LogP contribution in [0.3, 0.4) is 0 Å². The summed E-state index contributed by atoms with van der Waals surface area (Å²) in [6.07, 6.45) is 3.80. The molecule has 144 valence electrons. The minimum Gasteiger partial charge on any atom is -0.485 e. The maximum Gasteiger partial charge on any atom is 0.339 e. The van der Waals surface area contributed by atoms with Gasteiger partial charge in [-0.1, -0.05) is 36.4 Å². The lowest BCUT2D eigenvalue weighted by atomic mass is 9.91. The quantitative estimate of drug-likeness (QED) is 0.363. The molecule has 0 saturated carbocycles. The summed E-state index contributed by atoms with van der Waals surface area (Å²) < 4.78 is 11.2. The Bertz CT molecular complexity index is 1300. The van der Waals surface area contributed by atoms with Crippen molar-refractivity contribution >= 4 is 27.5 Å². The van der Waals surface area contributed by atoms with Gasteiger partial charge in [-0.2, -0.15) is 0 Å². The Kier molecular flexibility index (Phi) is 4.39. The van der Waals surface area contributed by atoms with E-state index in [9.17, 15) is 9.59 Å². The van der Waals surface area contributed by atoms with E-state index in [2.05, 4.69) is 0 Å². The number of aryl methyl sites for hydroxylation is 1.